The third-order valence-electron chi connectivity index (χ3n) is 4.56. The first-order valence-corrected chi connectivity index (χ1v) is 10.5. The molecule has 1 aliphatic rings. The van der Waals surface area contributed by atoms with Crippen LogP contribution in [0, 0.1) is 19.8 Å². The molecule has 0 bridgehead atoms. The molecule has 10 heteroatoms. The van der Waals surface area contributed by atoms with Crippen molar-refractivity contribution in [2.75, 3.05) is 0 Å². The fraction of sp³-hybridized carbons (Fsp3) is 0.588. The Kier molecular flexibility index (Phi) is 5.13. The Hall–Kier alpha value is -2.20. The Bertz CT molecular complexity index is 1070. The zero-order valence-corrected chi connectivity index (χ0v) is 16.8. The number of H-pyrrole nitrogens is 1. The van der Waals surface area contributed by atoms with Crippen molar-refractivity contribution in [2.45, 2.75) is 64.6 Å². The summed E-state index contributed by atoms with van der Waals surface area (Å²) in [5, 5.41) is 4.33. The minimum atomic E-state index is -3.85. The fourth-order valence-electron chi connectivity index (χ4n) is 3.11. The standard InChI is InChI=1S/C17H25N5O4S/c1-10(2)8-22-12(4)15(11(3)20-22)27(25,26)18-7-13-9-21(14-5-6-14)17(24)19-16(13)23/h9-10,14,18H,5-8H2,1-4H3,(H,19,23,24). The van der Waals surface area contributed by atoms with Gasteiger partial charge in [0.25, 0.3) is 5.56 Å². The summed E-state index contributed by atoms with van der Waals surface area (Å²) in [4.78, 5) is 26.3. The Morgan fingerprint density at radius 3 is 2.56 bits per heavy atom. The number of aromatic amines is 1. The largest absolute Gasteiger partial charge is 0.328 e. The van der Waals surface area contributed by atoms with Crippen LogP contribution in [0.15, 0.2) is 20.7 Å². The maximum Gasteiger partial charge on any atom is 0.328 e. The molecule has 0 aliphatic heterocycles. The lowest BCUT2D eigenvalue weighted by molar-refractivity contribution is 0.471. The molecule has 2 aromatic rings. The van der Waals surface area contributed by atoms with Gasteiger partial charge in [-0.2, -0.15) is 5.10 Å². The highest BCUT2D eigenvalue weighted by Gasteiger charge is 2.27. The molecular formula is C17H25N5O4S. The smallest absolute Gasteiger partial charge is 0.297 e. The molecular weight excluding hydrogens is 370 g/mol. The minimum Gasteiger partial charge on any atom is -0.297 e. The van der Waals surface area contributed by atoms with E-state index in [0.717, 1.165) is 12.8 Å². The van der Waals surface area contributed by atoms with Crippen molar-refractivity contribution in [1.29, 1.82) is 0 Å². The van der Waals surface area contributed by atoms with E-state index >= 15 is 0 Å². The summed E-state index contributed by atoms with van der Waals surface area (Å²) in [6, 6.07) is 0.0865. The number of nitrogens with zero attached hydrogens (tertiary/aromatic N) is 3. The van der Waals surface area contributed by atoms with E-state index in [0.29, 0.717) is 23.9 Å². The Labute approximate surface area is 157 Å². The van der Waals surface area contributed by atoms with Gasteiger partial charge in [-0.25, -0.2) is 17.9 Å². The summed E-state index contributed by atoms with van der Waals surface area (Å²) in [6.45, 7) is 7.86. The predicted molar refractivity (Wildman–Crippen MR) is 100 cm³/mol. The first kappa shape index (κ1) is 19.6. The van der Waals surface area contributed by atoms with Gasteiger partial charge in [0.15, 0.2) is 0 Å². The van der Waals surface area contributed by atoms with Crippen LogP contribution in [-0.4, -0.2) is 27.7 Å². The van der Waals surface area contributed by atoms with Gasteiger partial charge in [-0.1, -0.05) is 13.8 Å². The predicted octanol–water partition coefficient (Wildman–Crippen LogP) is 0.819. The Balaban J connectivity index is 1.86. The molecule has 0 unspecified atom stereocenters. The van der Waals surface area contributed by atoms with E-state index in [1.807, 2.05) is 13.8 Å². The molecule has 0 saturated heterocycles. The highest BCUT2D eigenvalue weighted by atomic mass is 32.2. The molecule has 1 saturated carbocycles. The summed E-state index contributed by atoms with van der Waals surface area (Å²) in [5.41, 5.74) is 0.136. The fourth-order valence-corrected chi connectivity index (χ4v) is 4.53. The van der Waals surface area contributed by atoms with Gasteiger partial charge in [-0.3, -0.25) is 19.0 Å². The van der Waals surface area contributed by atoms with Gasteiger partial charge < -0.3 is 0 Å². The Morgan fingerprint density at radius 2 is 1.96 bits per heavy atom. The van der Waals surface area contributed by atoms with Gasteiger partial charge in [0.05, 0.1) is 11.4 Å². The zero-order valence-electron chi connectivity index (χ0n) is 15.9. The molecule has 1 fully saturated rings. The van der Waals surface area contributed by atoms with Crippen LogP contribution in [0.25, 0.3) is 0 Å². The molecule has 0 amide bonds. The van der Waals surface area contributed by atoms with Crippen LogP contribution in [0.5, 0.6) is 0 Å². The average Bonchev–Trinajstić information content (AvgIpc) is 3.33. The number of aryl methyl sites for hydroxylation is 1. The maximum atomic E-state index is 12.8. The van der Waals surface area contributed by atoms with E-state index in [1.54, 1.807) is 18.5 Å². The van der Waals surface area contributed by atoms with Crippen LogP contribution in [0.4, 0.5) is 0 Å². The molecule has 27 heavy (non-hydrogen) atoms. The topological polar surface area (TPSA) is 119 Å². The Morgan fingerprint density at radius 1 is 1.30 bits per heavy atom. The normalized spacial score (nSPS) is 14.9. The lowest BCUT2D eigenvalue weighted by Crippen LogP contribution is -2.34. The minimum absolute atomic E-state index is 0.0865. The molecule has 0 radical (unpaired) electrons. The SMILES string of the molecule is Cc1nn(CC(C)C)c(C)c1S(=O)(=O)NCc1cn(C2CC2)c(=O)[nH]c1=O. The molecule has 9 nitrogen and oxygen atoms in total. The summed E-state index contributed by atoms with van der Waals surface area (Å²) >= 11 is 0. The van der Waals surface area contributed by atoms with E-state index in [-0.39, 0.29) is 23.0 Å². The van der Waals surface area contributed by atoms with Crippen molar-refractivity contribution in [3.63, 3.8) is 0 Å². The van der Waals surface area contributed by atoms with Crippen LogP contribution < -0.4 is 16.0 Å². The van der Waals surface area contributed by atoms with Crippen LogP contribution >= 0.6 is 0 Å². The van der Waals surface area contributed by atoms with Crippen LogP contribution in [0.3, 0.4) is 0 Å². The number of aromatic nitrogens is 4. The number of rotatable bonds is 7. The van der Waals surface area contributed by atoms with Crippen molar-refractivity contribution in [3.05, 3.63) is 44.0 Å². The number of hydrogen-bond acceptors (Lipinski definition) is 5. The van der Waals surface area contributed by atoms with E-state index in [9.17, 15) is 18.0 Å². The number of sulfonamides is 1. The van der Waals surface area contributed by atoms with Crippen LogP contribution in [-0.2, 0) is 23.1 Å². The third-order valence-corrected chi connectivity index (χ3v) is 6.21. The summed E-state index contributed by atoms with van der Waals surface area (Å²) in [6.07, 6.45) is 3.21. The van der Waals surface area contributed by atoms with Gasteiger partial charge in [0.2, 0.25) is 10.0 Å². The van der Waals surface area contributed by atoms with Gasteiger partial charge in [-0.05, 0) is 32.6 Å². The van der Waals surface area contributed by atoms with E-state index in [2.05, 4.69) is 14.8 Å². The molecule has 2 aromatic heterocycles. The van der Waals surface area contributed by atoms with Gasteiger partial charge >= 0.3 is 5.69 Å². The highest BCUT2D eigenvalue weighted by Crippen LogP contribution is 2.33. The maximum absolute atomic E-state index is 12.8. The van der Waals surface area contributed by atoms with Gasteiger partial charge in [0.1, 0.15) is 4.90 Å². The van der Waals surface area contributed by atoms with Gasteiger partial charge in [-0.15, -0.1) is 0 Å². The van der Waals surface area contributed by atoms with E-state index in [4.69, 9.17) is 0 Å². The van der Waals surface area contributed by atoms with E-state index < -0.39 is 21.3 Å². The quantitative estimate of drug-likeness (QED) is 0.719. The highest BCUT2D eigenvalue weighted by molar-refractivity contribution is 7.89. The average molecular weight is 395 g/mol. The molecule has 1 aliphatic carbocycles. The number of hydrogen-bond donors (Lipinski definition) is 2. The first-order valence-electron chi connectivity index (χ1n) is 8.98. The molecule has 0 spiro atoms. The van der Waals surface area contributed by atoms with E-state index in [1.165, 1.54) is 10.8 Å². The second kappa shape index (κ2) is 7.08. The molecule has 3 rings (SSSR count). The molecule has 0 aromatic carbocycles. The second-order valence-corrected chi connectivity index (χ2v) is 9.16. The van der Waals surface area contributed by atoms with Crippen molar-refractivity contribution in [2.24, 2.45) is 5.92 Å². The second-order valence-electron chi connectivity index (χ2n) is 7.45. The summed E-state index contributed by atoms with van der Waals surface area (Å²) < 4.78 is 31.2. The van der Waals surface area contributed by atoms with Crippen LogP contribution in [0.1, 0.15) is 49.7 Å². The summed E-state index contributed by atoms with van der Waals surface area (Å²) in [7, 11) is -3.85. The lowest BCUT2D eigenvalue weighted by Gasteiger charge is -2.10. The molecule has 2 N–H and O–H groups in total. The lowest BCUT2D eigenvalue weighted by atomic mass is 10.2. The molecule has 2 heterocycles. The summed E-state index contributed by atoms with van der Waals surface area (Å²) in [5.74, 6) is 0.327. The first-order chi connectivity index (χ1) is 12.6. The molecule has 148 valence electrons. The number of nitrogens with one attached hydrogen (secondary N) is 2. The third kappa shape index (κ3) is 4.06. The zero-order chi connectivity index (χ0) is 19.9. The van der Waals surface area contributed by atoms with Crippen molar-refractivity contribution < 1.29 is 8.42 Å². The van der Waals surface area contributed by atoms with Crippen molar-refractivity contribution in [1.82, 2.24) is 24.1 Å². The van der Waals surface area contributed by atoms with Crippen molar-refractivity contribution >= 4 is 10.0 Å². The van der Waals surface area contributed by atoms with Crippen molar-refractivity contribution in [3.8, 4) is 0 Å². The van der Waals surface area contributed by atoms with Crippen LogP contribution in [0.2, 0.25) is 0 Å². The molecule has 0 atom stereocenters. The monoisotopic (exact) mass is 395 g/mol. The van der Waals surface area contributed by atoms with Gasteiger partial charge in [0, 0.05) is 30.9 Å².